The van der Waals surface area contributed by atoms with Gasteiger partial charge < -0.3 is 5.11 Å². The maximum absolute atomic E-state index is 14.7. The molecular formula is C20H14F2N8OS. The summed E-state index contributed by atoms with van der Waals surface area (Å²) in [7, 11) is 0. The van der Waals surface area contributed by atoms with Crippen LogP contribution in [0, 0.1) is 11.6 Å². The number of thiazole rings is 1. The van der Waals surface area contributed by atoms with E-state index in [0.717, 1.165) is 34.6 Å². The van der Waals surface area contributed by atoms with Gasteiger partial charge >= 0.3 is 0 Å². The van der Waals surface area contributed by atoms with Crippen molar-refractivity contribution in [2.24, 2.45) is 0 Å². The Morgan fingerprint density at radius 2 is 1.91 bits per heavy atom. The van der Waals surface area contributed by atoms with Gasteiger partial charge in [-0.15, -0.1) is 16.4 Å². The second-order valence-electron chi connectivity index (χ2n) is 6.94. The quantitative estimate of drug-likeness (QED) is 0.407. The van der Waals surface area contributed by atoms with E-state index in [1.165, 1.54) is 23.4 Å². The molecule has 0 aliphatic heterocycles. The number of nitrogens with zero attached hydrogens (tertiary/aromatic N) is 7. The lowest BCUT2D eigenvalue weighted by molar-refractivity contribution is 0.0533. The second kappa shape index (κ2) is 7.98. The van der Waals surface area contributed by atoms with Crippen LogP contribution in [0.2, 0.25) is 0 Å². The lowest BCUT2D eigenvalue weighted by Gasteiger charge is -2.26. The van der Waals surface area contributed by atoms with E-state index >= 15 is 0 Å². The van der Waals surface area contributed by atoms with Gasteiger partial charge in [0.15, 0.2) is 11.4 Å². The van der Waals surface area contributed by atoms with Crippen molar-refractivity contribution in [1.82, 2.24) is 40.4 Å². The van der Waals surface area contributed by atoms with Crippen LogP contribution >= 0.6 is 11.3 Å². The highest BCUT2D eigenvalue weighted by Gasteiger charge is 2.38. The second-order valence-corrected chi connectivity index (χ2v) is 7.80. The van der Waals surface area contributed by atoms with E-state index in [-0.39, 0.29) is 17.1 Å². The van der Waals surface area contributed by atoms with Gasteiger partial charge in [-0.05, 0) is 22.6 Å². The molecule has 0 amide bonds. The van der Waals surface area contributed by atoms with Gasteiger partial charge in [0.05, 0.1) is 12.2 Å². The number of aromatic nitrogens is 8. The summed E-state index contributed by atoms with van der Waals surface area (Å²) in [5.74, 6) is -1.09. The molecule has 160 valence electrons. The number of hydrogen-bond donors (Lipinski definition) is 2. The minimum absolute atomic E-state index is 0.108. The first-order valence-electron chi connectivity index (χ1n) is 9.34. The van der Waals surface area contributed by atoms with Gasteiger partial charge in [0.1, 0.15) is 29.3 Å². The van der Waals surface area contributed by atoms with Gasteiger partial charge in [-0.2, -0.15) is 5.10 Å². The van der Waals surface area contributed by atoms with Crippen molar-refractivity contribution in [3.8, 4) is 22.6 Å². The summed E-state index contributed by atoms with van der Waals surface area (Å²) in [6.45, 7) is -0.153. The molecule has 0 aliphatic carbocycles. The zero-order valence-corrected chi connectivity index (χ0v) is 17.0. The highest BCUT2D eigenvalue weighted by Crippen LogP contribution is 2.37. The third kappa shape index (κ3) is 3.65. The monoisotopic (exact) mass is 452 g/mol. The molecule has 12 heteroatoms. The van der Waals surface area contributed by atoms with Crippen molar-refractivity contribution < 1.29 is 13.9 Å². The molecule has 2 N–H and O–H groups in total. The lowest BCUT2D eigenvalue weighted by atomic mass is 9.93. The first-order chi connectivity index (χ1) is 15.5. The van der Waals surface area contributed by atoms with Gasteiger partial charge in [-0.25, -0.2) is 28.5 Å². The van der Waals surface area contributed by atoms with Gasteiger partial charge in [0.25, 0.3) is 0 Å². The fourth-order valence-corrected chi connectivity index (χ4v) is 4.25. The highest BCUT2D eigenvalue weighted by atomic mass is 32.1. The van der Waals surface area contributed by atoms with Crippen molar-refractivity contribution >= 4 is 11.3 Å². The maximum Gasteiger partial charge on any atom is 0.179 e. The normalized spacial score (nSPS) is 13.2. The van der Waals surface area contributed by atoms with Crippen molar-refractivity contribution in [3.63, 3.8) is 0 Å². The van der Waals surface area contributed by atoms with Crippen LogP contribution in [-0.2, 0) is 12.1 Å². The van der Waals surface area contributed by atoms with Crippen molar-refractivity contribution in [1.29, 1.82) is 0 Å². The van der Waals surface area contributed by atoms with Crippen LogP contribution in [0.1, 0.15) is 10.6 Å². The number of nitrogens with one attached hydrogen (secondary N) is 1. The molecule has 2 aromatic carbocycles. The Hall–Kier alpha value is -3.90. The molecule has 3 heterocycles. The average molecular weight is 452 g/mol. The van der Waals surface area contributed by atoms with E-state index in [9.17, 15) is 13.9 Å². The van der Waals surface area contributed by atoms with Crippen LogP contribution in [-0.4, -0.2) is 45.5 Å². The van der Waals surface area contributed by atoms with Crippen LogP contribution in [0.15, 0.2) is 60.5 Å². The molecule has 0 fully saturated rings. The largest absolute Gasteiger partial charge is 0.376 e. The highest BCUT2D eigenvalue weighted by molar-refractivity contribution is 7.10. The molecule has 0 spiro atoms. The van der Waals surface area contributed by atoms with E-state index in [2.05, 4.69) is 35.7 Å². The number of aliphatic hydroxyl groups is 1. The van der Waals surface area contributed by atoms with Crippen LogP contribution < -0.4 is 0 Å². The number of rotatable bonds is 6. The number of aromatic amines is 1. The van der Waals surface area contributed by atoms with Gasteiger partial charge in [-0.1, -0.05) is 24.3 Å². The van der Waals surface area contributed by atoms with E-state index in [1.807, 2.05) is 24.3 Å². The molecule has 1 atom stereocenters. The van der Waals surface area contributed by atoms with Gasteiger partial charge in [0, 0.05) is 28.1 Å². The Labute approximate surface area is 183 Å². The van der Waals surface area contributed by atoms with Crippen LogP contribution in [0.3, 0.4) is 0 Å². The van der Waals surface area contributed by atoms with E-state index < -0.39 is 17.2 Å². The summed E-state index contributed by atoms with van der Waals surface area (Å²) < 4.78 is 29.5. The number of hydrogen-bond acceptors (Lipinski definition) is 8. The molecule has 9 nitrogen and oxygen atoms in total. The van der Waals surface area contributed by atoms with Crippen molar-refractivity contribution in [2.45, 2.75) is 12.1 Å². The van der Waals surface area contributed by atoms with Crippen molar-refractivity contribution in [3.05, 3.63) is 82.7 Å². The summed E-state index contributed by atoms with van der Waals surface area (Å²) in [4.78, 5) is 8.43. The third-order valence-corrected chi connectivity index (χ3v) is 5.88. The third-order valence-electron chi connectivity index (χ3n) is 4.89. The summed E-state index contributed by atoms with van der Waals surface area (Å²) in [6, 6.07) is 10.4. The summed E-state index contributed by atoms with van der Waals surface area (Å²) in [5, 5.41) is 31.3. The first-order valence-corrected chi connectivity index (χ1v) is 10.2. The smallest absolute Gasteiger partial charge is 0.179 e. The Morgan fingerprint density at radius 1 is 1.09 bits per heavy atom. The minimum Gasteiger partial charge on any atom is -0.376 e. The maximum atomic E-state index is 14.7. The molecule has 0 bridgehead atoms. The van der Waals surface area contributed by atoms with Gasteiger partial charge in [-0.3, -0.25) is 0 Å². The molecule has 0 radical (unpaired) electrons. The van der Waals surface area contributed by atoms with E-state index in [4.69, 9.17) is 0 Å². The number of H-pyrrole nitrogens is 1. The molecule has 0 saturated heterocycles. The predicted molar refractivity (Wildman–Crippen MR) is 110 cm³/mol. The average Bonchev–Trinajstić information content (AvgIpc) is 3.56. The molecule has 1 unspecified atom stereocenters. The first kappa shape index (κ1) is 20.0. The summed E-state index contributed by atoms with van der Waals surface area (Å²) in [6.07, 6.45) is 2.71. The van der Waals surface area contributed by atoms with Crippen LogP contribution in [0.5, 0.6) is 0 Å². The van der Waals surface area contributed by atoms with Gasteiger partial charge in [0.2, 0.25) is 0 Å². The Bertz CT molecular complexity index is 1340. The topological polar surface area (TPSA) is 118 Å². The zero-order valence-electron chi connectivity index (χ0n) is 16.2. The van der Waals surface area contributed by atoms with E-state index in [1.54, 1.807) is 5.38 Å². The van der Waals surface area contributed by atoms with Crippen LogP contribution in [0.25, 0.3) is 22.6 Å². The molecule has 3 aromatic heterocycles. The number of tetrazole rings is 1. The SMILES string of the molecule is OC(Cn1cncn1)(c1nc(-c2ccc(-c3nnn[nH]3)cc2)cs1)c1ccc(F)cc1F. The van der Waals surface area contributed by atoms with Crippen molar-refractivity contribution in [2.75, 3.05) is 0 Å². The molecule has 5 rings (SSSR count). The lowest BCUT2D eigenvalue weighted by Crippen LogP contribution is -2.34. The fourth-order valence-electron chi connectivity index (χ4n) is 3.32. The Morgan fingerprint density at radius 3 is 2.59 bits per heavy atom. The van der Waals surface area contributed by atoms with Crippen LogP contribution in [0.4, 0.5) is 8.78 Å². The predicted octanol–water partition coefficient (Wildman–Crippen LogP) is 2.80. The molecule has 0 saturated carbocycles. The number of benzene rings is 2. The molecular weight excluding hydrogens is 438 g/mol. The Kier molecular flexibility index (Phi) is 4.99. The molecule has 0 aliphatic rings. The minimum atomic E-state index is -1.89. The molecule has 5 aromatic rings. The zero-order chi connectivity index (χ0) is 22.1. The summed E-state index contributed by atoms with van der Waals surface area (Å²) >= 11 is 1.16. The van der Waals surface area contributed by atoms with E-state index in [0.29, 0.717) is 11.5 Å². The fraction of sp³-hybridized carbons (Fsp3) is 0.100. The standard InChI is InChI=1S/C20H14F2N8OS/c21-14-5-6-15(16(22)7-14)20(31,9-30-11-23-10-24-30)19-25-17(8-32-19)12-1-3-13(4-2-12)18-26-28-29-27-18/h1-8,10-11,31H,9H2,(H,26,27,28,29). The number of halogens is 2. The summed E-state index contributed by atoms with van der Waals surface area (Å²) in [5.41, 5.74) is 0.173. The molecule has 32 heavy (non-hydrogen) atoms. The Balaban J connectivity index is 1.53.